The molecule has 1 fully saturated rings. The molecule has 1 saturated carbocycles. The lowest BCUT2D eigenvalue weighted by Gasteiger charge is -2.25. The molecular formula is C15H21N3O. The van der Waals surface area contributed by atoms with Crippen molar-refractivity contribution in [3.05, 3.63) is 23.8 Å². The van der Waals surface area contributed by atoms with Gasteiger partial charge in [0.1, 0.15) is 0 Å². The van der Waals surface area contributed by atoms with Gasteiger partial charge < -0.3 is 16.0 Å². The molecule has 4 heteroatoms. The molecular weight excluding hydrogens is 238 g/mol. The van der Waals surface area contributed by atoms with Crippen molar-refractivity contribution in [2.45, 2.75) is 38.1 Å². The number of anilines is 2. The molecule has 4 nitrogen and oxygen atoms in total. The largest absolute Gasteiger partial charge is 0.382 e. The zero-order chi connectivity index (χ0) is 13.1. The van der Waals surface area contributed by atoms with Crippen molar-refractivity contribution in [2.75, 3.05) is 23.7 Å². The van der Waals surface area contributed by atoms with E-state index in [0.29, 0.717) is 6.04 Å². The number of para-hydroxylation sites is 1. The van der Waals surface area contributed by atoms with Gasteiger partial charge in [-0.05, 0) is 25.0 Å². The Hall–Kier alpha value is -1.71. The molecule has 3 N–H and O–H groups in total. The second-order valence-corrected chi connectivity index (χ2v) is 5.39. The lowest BCUT2D eigenvalue weighted by atomic mass is 9.95. The molecule has 1 amide bonds. The number of hydrogen-bond acceptors (Lipinski definition) is 3. The van der Waals surface area contributed by atoms with Gasteiger partial charge in [-0.3, -0.25) is 4.79 Å². The van der Waals surface area contributed by atoms with Crippen LogP contribution in [0.4, 0.5) is 11.4 Å². The monoisotopic (exact) mass is 259 g/mol. The summed E-state index contributed by atoms with van der Waals surface area (Å²) in [6.07, 6.45) is 6.01. The van der Waals surface area contributed by atoms with Crippen LogP contribution in [-0.2, 0) is 0 Å². The van der Waals surface area contributed by atoms with E-state index in [1.807, 2.05) is 18.2 Å². The van der Waals surface area contributed by atoms with E-state index in [1.54, 1.807) is 0 Å². The Bertz CT molecular complexity index is 466. The van der Waals surface area contributed by atoms with E-state index < -0.39 is 0 Å². The first-order valence-electron chi connectivity index (χ1n) is 7.26. The molecule has 1 aromatic rings. The van der Waals surface area contributed by atoms with Crippen molar-refractivity contribution in [1.82, 2.24) is 5.32 Å². The number of rotatable bonds is 2. The van der Waals surface area contributed by atoms with Gasteiger partial charge in [0.25, 0.3) is 5.91 Å². The Balaban J connectivity index is 1.75. The van der Waals surface area contributed by atoms with Crippen LogP contribution in [0.15, 0.2) is 18.2 Å². The maximum Gasteiger partial charge on any atom is 0.253 e. The molecule has 0 atom stereocenters. The third-order valence-corrected chi connectivity index (χ3v) is 3.99. The summed E-state index contributed by atoms with van der Waals surface area (Å²) in [7, 11) is 0. The summed E-state index contributed by atoms with van der Waals surface area (Å²) in [6.45, 7) is 1.77. The maximum absolute atomic E-state index is 12.4. The highest BCUT2D eigenvalue weighted by molar-refractivity contribution is 6.02. The number of carbonyl (C=O) groups is 1. The lowest BCUT2D eigenvalue weighted by Crippen LogP contribution is -2.37. The predicted octanol–water partition coefficient (Wildman–Crippen LogP) is 2.59. The normalized spacial score (nSPS) is 18.9. The van der Waals surface area contributed by atoms with Crippen molar-refractivity contribution in [3.63, 3.8) is 0 Å². The highest BCUT2D eigenvalue weighted by Crippen LogP contribution is 2.28. The smallest absolute Gasteiger partial charge is 0.253 e. The van der Waals surface area contributed by atoms with Crippen molar-refractivity contribution >= 4 is 17.3 Å². The Morgan fingerprint density at radius 2 is 1.89 bits per heavy atom. The fourth-order valence-corrected chi connectivity index (χ4v) is 2.97. The van der Waals surface area contributed by atoms with E-state index in [0.717, 1.165) is 42.9 Å². The number of hydrogen-bond donors (Lipinski definition) is 3. The highest BCUT2D eigenvalue weighted by Gasteiger charge is 2.20. The van der Waals surface area contributed by atoms with Crippen LogP contribution in [0.1, 0.15) is 42.5 Å². The average molecular weight is 259 g/mol. The minimum Gasteiger partial charge on any atom is -0.382 e. The summed E-state index contributed by atoms with van der Waals surface area (Å²) in [6, 6.07) is 6.21. The first-order valence-corrected chi connectivity index (χ1v) is 7.26. The summed E-state index contributed by atoms with van der Waals surface area (Å²) in [5, 5.41) is 9.82. The molecule has 102 valence electrons. The average Bonchev–Trinajstić information content (AvgIpc) is 2.47. The van der Waals surface area contributed by atoms with Gasteiger partial charge in [0.2, 0.25) is 0 Å². The van der Waals surface area contributed by atoms with Gasteiger partial charge in [0, 0.05) is 19.1 Å². The van der Waals surface area contributed by atoms with Crippen LogP contribution in [0.25, 0.3) is 0 Å². The van der Waals surface area contributed by atoms with E-state index in [2.05, 4.69) is 16.0 Å². The standard InChI is InChI=1S/C15H21N3O/c19-15(18-11-5-2-1-3-6-11)12-7-4-8-13-14(12)17-10-9-16-13/h4,7-8,11,16-17H,1-3,5-6,9-10H2,(H,18,19). The van der Waals surface area contributed by atoms with Gasteiger partial charge in [0.15, 0.2) is 0 Å². The summed E-state index contributed by atoms with van der Waals surface area (Å²) >= 11 is 0. The fourth-order valence-electron chi connectivity index (χ4n) is 2.97. The number of carbonyl (C=O) groups excluding carboxylic acids is 1. The van der Waals surface area contributed by atoms with E-state index in [9.17, 15) is 4.79 Å². The van der Waals surface area contributed by atoms with Gasteiger partial charge in [-0.25, -0.2) is 0 Å². The van der Waals surface area contributed by atoms with Crippen molar-refractivity contribution in [1.29, 1.82) is 0 Å². The molecule has 0 spiro atoms. The number of nitrogens with one attached hydrogen (secondary N) is 3. The van der Waals surface area contributed by atoms with Crippen LogP contribution in [0.3, 0.4) is 0 Å². The second-order valence-electron chi connectivity index (χ2n) is 5.39. The quantitative estimate of drug-likeness (QED) is 0.765. The Kier molecular flexibility index (Phi) is 3.58. The van der Waals surface area contributed by atoms with E-state index in [1.165, 1.54) is 19.3 Å². The molecule has 1 aliphatic carbocycles. The van der Waals surface area contributed by atoms with Crippen LogP contribution in [-0.4, -0.2) is 25.0 Å². The van der Waals surface area contributed by atoms with Crippen LogP contribution in [0.5, 0.6) is 0 Å². The molecule has 0 bridgehead atoms. The molecule has 0 radical (unpaired) electrons. The Morgan fingerprint density at radius 1 is 1.11 bits per heavy atom. The number of benzene rings is 1. The van der Waals surface area contributed by atoms with E-state index in [4.69, 9.17) is 0 Å². The molecule has 0 saturated heterocycles. The SMILES string of the molecule is O=C(NC1CCCCC1)c1cccc2c1NCCN2. The van der Waals surface area contributed by atoms with Crippen LogP contribution in [0, 0.1) is 0 Å². The second kappa shape index (κ2) is 5.51. The Morgan fingerprint density at radius 3 is 2.74 bits per heavy atom. The molecule has 19 heavy (non-hydrogen) atoms. The third kappa shape index (κ3) is 2.67. The molecule has 3 rings (SSSR count). The molecule has 2 aliphatic rings. The summed E-state index contributed by atoms with van der Waals surface area (Å²) in [4.78, 5) is 12.4. The number of amides is 1. The van der Waals surface area contributed by atoms with Gasteiger partial charge in [-0.1, -0.05) is 25.3 Å². The minimum absolute atomic E-state index is 0.0555. The topological polar surface area (TPSA) is 53.2 Å². The first kappa shape index (κ1) is 12.3. The van der Waals surface area contributed by atoms with Crippen molar-refractivity contribution in [3.8, 4) is 0 Å². The fraction of sp³-hybridized carbons (Fsp3) is 0.533. The highest BCUT2D eigenvalue weighted by atomic mass is 16.1. The van der Waals surface area contributed by atoms with Gasteiger partial charge >= 0.3 is 0 Å². The van der Waals surface area contributed by atoms with Crippen molar-refractivity contribution in [2.24, 2.45) is 0 Å². The summed E-state index contributed by atoms with van der Waals surface area (Å²) in [5.41, 5.74) is 2.74. The third-order valence-electron chi connectivity index (χ3n) is 3.99. The molecule has 1 aromatic carbocycles. The molecule has 0 unspecified atom stereocenters. The lowest BCUT2D eigenvalue weighted by molar-refractivity contribution is 0.0928. The molecule has 0 aromatic heterocycles. The zero-order valence-corrected chi connectivity index (χ0v) is 11.2. The van der Waals surface area contributed by atoms with Crippen molar-refractivity contribution < 1.29 is 4.79 Å². The summed E-state index contributed by atoms with van der Waals surface area (Å²) < 4.78 is 0. The van der Waals surface area contributed by atoms with Gasteiger partial charge in [-0.2, -0.15) is 0 Å². The Labute approximate surface area is 114 Å². The number of fused-ring (bicyclic) bond motifs is 1. The molecule has 1 aliphatic heterocycles. The van der Waals surface area contributed by atoms with Crippen LogP contribution >= 0.6 is 0 Å². The van der Waals surface area contributed by atoms with Crippen LogP contribution < -0.4 is 16.0 Å². The minimum atomic E-state index is 0.0555. The zero-order valence-electron chi connectivity index (χ0n) is 11.2. The predicted molar refractivity (Wildman–Crippen MR) is 77.8 cm³/mol. The summed E-state index contributed by atoms with van der Waals surface area (Å²) in [5.74, 6) is 0.0555. The van der Waals surface area contributed by atoms with Crippen LogP contribution in [0.2, 0.25) is 0 Å². The maximum atomic E-state index is 12.4. The van der Waals surface area contributed by atoms with Gasteiger partial charge in [0.05, 0.1) is 16.9 Å². The van der Waals surface area contributed by atoms with E-state index in [-0.39, 0.29) is 5.91 Å². The van der Waals surface area contributed by atoms with E-state index >= 15 is 0 Å². The van der Waals surface area contributed by atoms with Gasteiger partial charge in [-0.15, -0.1) is 0 Å². The molecule has 1 heterocycles. The first-order chi connectivity index (χ1) is 9.34.